The standard InChI is InChI=1S/C18H21NO2/c1-3-14(2)19-18(20)13-21-17-12-8-7-11-16(17)15-9-5-4-6-10-15/h4-12,14H,3,13H2,1-2H3,(H,19,20). The van der Waals surface area contributed by atoms with E-state index in [0.717, 1.165) is 23.3 Å². The van der Waals surface area contributed by atoms with Crippen LogP contribution in [0.2, 0.25) is 0 Å². The molecule has 1 unspecified atom stereocenters. The summed E-state index contributed by atoms with van der Waals surface area (Å²) in [7, 11) is 0. The molecule has 0 aliphatic carbocycles. The predicted molar refractivity (Wildman–Crippen MR) is 85.3 cm³/mol. The van der Waals surface area contributed by atoms with Gasteiger partial charge in [-0.05, 0) is 25.0 Å². The van der Waals surface area contributed by atoms with Crippen LogP contribution in [0.1, 0.15) is 20.3 Å². The van der Waals surface area contributed by atoms with Gasteiger partial charge in [0.05, 0.1) is 0 Å². The second-order valence-electron chi connectivity index (χ2n) is 5.03. The van der Waals surface area contributed by atoms with Gasteiger partial charge in [-0.15, -0.1) is 0 Å². The summed E-state index contributed by atoms with van der Waals surface area (Å²) in [6.45, 7) is 4.06. The Bertz CT molecular complexity index is 581. The maximum atomic E-state index is 11.8. The summed E-state index contributed by atoms with van der Waals surface area (Å²) in [5.74, 6) is 0.634. The smallest absolute Gasteiger partial charge is 0.258 e. The molecule has 0 bridgehead atoms. The van der Waals surface area contributed by atoms with E-state index in [1.54, 1.807) is 0 Å². The lowest BCUT2D eigenvalue weighted by atomic mass is 10.1. The maximum Gasteiger partial charge on any atom is 0.258 e. The molecule has 0 aromatic heterocycles. The Morgan fingerprint density at radius 3 is 2.48 bits per heavy atom. The van der Waals surface area contributed by atoms with Crippen LogP contribution in [0.25, 0.3) is 11.1 Å². The van der Waals surface area contributed by atoms with E-state index in [4.69, 9.17) is 4.74 Å². The highest BCUT2D eigenvalue weighted by molar-refractivity contribution is 5.78. The summed E-state index contributed by atoms with van der Waals surface area (Å²) in [6.07, 6.45) is 0.909. The van der Waals surface area contributed by atoms with E-state index in [2.05, 4.69) is 5.32 Å². The molecule has 0 fully saturated rings. The summed E-state index contributed by atoms with van der Waals surface area (Å²) >= 11 is 0. The van der Waals surface area contributed by atoms with Crippen molar-refractivity contribution >= 4 is 5.91 Å². The lowest BCUT2D eigenvalue weighted by Gasteiger charge is -2.14. The zero-order valence-corrected chi connectivity index (χ0v) is 12.5. The highest BCUT2D eigenvalue weighted by Gasteiger charge is 2.09. The van der Waals surface area contributed by atoms with E-state index in [1.165, 1.54) is 0 Å². The van der Waals surface area contributed by atoms with Crippen LogP contribution in [0.3, 0.4) is 0 Å². The number of hydrogen-bond donors (Lipinski definition) is 1. The molecule has 0 saturated heterocycles. The van der Waals surface area contributed by atoms with Crippen LogP contribution >= 0.6 is 0 Å². The summed E-state index contributed by atoms with van der Waals surface area (Å²) < 4.78 is 5.69. The average Bonchev–Trinajstić information content (AvgIpc) is 2.54. The third kappa shape index (κ3) is 4.35. The minimum absolute atomic E-state index is 0.0359. The van der Waals surface area contributed by atoms with Crippen LogP contribution in [0, 0.1) is 0 Å². The van der Waals surface area contributed by atoms with Gasteiger partial charge < -0.3 is 10.1 Å². The van der Waals surface area contributed by atoms with E-state index >= 15 is 0 Å². The van der Waals surface area contributed by atoms with Crippen molar-refractivity contribution in [2.24, 2.45) is 0 Å². The van der Waals surface area contributed by atoms with E-state index in [1.807, 2.05) is 68.4 Å². The van der Waals surface area contributed by atoms with Crippen LogP contribution in [0.15, 0.2) is 54.6 Å². The first-order valence-electron chi connectivity index (χ1n) is 7.27. The van der Waals surface area contributed by atoms with Gasteiger partial charge in [0.15, 0.2) is 6.61 Å². The Balaban J connectivity index is 2.06. The highest BCUT2D eigenvalue weighted by atomic mass is 16.5. The van der Waals surface area contributed by atoms with Crippen LogP contribution < -0.4 is 10.1 Å². The molecular formula is C18H21NO2. The van der Waals surface area contributed by atoms with Crippen molar-refractivity contribution in [3.8, 4) is 16.9 Å². The van der Waals surface area contributed by atoms with Gasteiger partial charge in [-0.25, -0.2) is 0 Å². The topological polar surface area (TPSA) is 38.3 Å². The van der Waals surface area contributed by atoms with Crippen molar-refractivity contribution in [2.45, 2.75) is 26.3 Å². The molecule has 3 heteroatoms. The van der Waals surface area contributed by atoms with Gasteiger partial charge in [-0.3, -0.25) is 4.79 Å². The fraction of sp³-hybridized carbons (Fsp3) is 0.278. The minimum atomic E-state index is -0.0905. The number of benzene rings is 2. The van der Waals surface area contributed by atoms with Crippen LogP contribution in [0.5, 0.6) is 5.75 Å². The minimum Gasteiger partial charge on any atom is -0.483 e. The quantitative estimate of drug-likeness (QED) is 0.879. The highest BCUT2D eigenvalue weighted by Crippen LogP contribution is 2.29. The molecule has 2 aromatic carbocycles. The Labute approximate surface area is 126 Å². The van der Waals surface area contributed by atoms with Crippen molar-refractivity contribution < 1.29 is 9.53 Å². The van der Waals surface area contributed by atoms with Gasteiger partial charge in [0.25, 0.3) is 5.91 Å². The molecule has 0 radical (unpaired) electrons. The monoisotopic (exact) mass is 283 g/mol. The predicted octanol–water partition coefficient (Wildman–Crippen LogP) is 3.65. The first kappa shape index (κ1) is 15.1. The Hall–Kier alpha value is -2.29. The SMILES string of the molecule is CCC(C)NC(=O)COc1ccccc1-c1ccccc1. The second-order valence-corrected chi connectivity index (χ2v) is 5.03. The van der Waals surface area contributed by atoms with Gasteiger partial charge in [0, 0.05) is 11.6 Å². The fourth-order valence-electron chi connectivity index (χ4n) is 2.01. The number of hydrogen-bond acceptors (Lipinski definition) is 2. The molecule has 1 atom stereocenters. The third-order valence-electron chi connectivity index (χ3n) is 3.35. The number of ether oxygens (including phenoxy) is 1. The molecule has 1 N–H and O–H groups in total. The summed E-state index contributed by atoms with van der Waals surface area (Å²) in [6, 6.07) is 17.9. The molecule has 21 heavy (non-hydrogen) atoms. The van der Waals surface area contributed by atoms with Crippen molar-refractivity contribution in [2.75, 3.05) is 6.61 Å². The molecule has 2 rings (SSSR count). The van der Waals surface area contributed by atoms with Crippen molar-refractivity contribution in [1.82, 2.24) is 5.32 Å². The molecule has 110 valence electrons. The number of para-hydroxylation sites is 1. The van der Waals surface area contributed by atoms with Crippen molar-refractivity contribution in [3.05, 3.63) is 54.6 Å². The number of carbonyl (C=O) groups excluding carboxylic acids is 1. The number of amides is 1. The Kier molecular flexibility index (Phi) is 5.38. The maximum absolute atomic E-state index is 11.8. The fourth-order valence-corrected chi connectivity index (χ4v) is 2.01. The van der Waals surface area contributed by atoms with E-state index in [0.29, 0.717) is 0 Å². The Morgan fingerprint density at radius 1 is 1.10 bits per heavy atom. The lowest BCUT2D eigenvalue weighted by Crippen LogP contribution is -2.35. The first-order chi connectivity index (χ1) is 10.2. The molecule has 0 spiro atoms. The molecule has 0 aliphatic heterocycles. The van der Waals surface area contributed by atoms with Gasteiger partial charge in [0.2, 0.25) is 0 Å². The van der Waals surface area contributed by atoms with Crippen LogP contribution in [-0.4, -0.2) is 18.6 Å². The van der Waals surface area contributed by atoms with E-state index < -0.39 is 0 Å². The molecule has 3 nitrogen and oxygen atoms in total. The molecule has 1 amide bonds. The van der Waals surface area contributed by atoms with Gasteiger partial charge >= 0.3 is 0 Å². The van der Waals surface area contributed by atoms with E-state index in [9.17, 15) is 4.79 Å². The summed E-state index contributed by atoms with van der Waals surface area (Å²) in [5.41, 5.74) is 2.07. The van der Waals surface area contributed by atoms with Gasteiger partial charge in [-0.2, -0.15) is 0 Å². The van der Waals surface area contributed by atoms with Crippen LogP contribution in [-0.2, 0) is 4.79 Å². The second kappa shape index (κ2) is 7.48. The molecule has 0 saturated carbocycles. The zero-order valence-electron chi connectivity index (χ0n) is 12.5. The van der Waals surface area contributed by atoms with Crippen molar-refractivity contribution in [3.63, 3.8) is 0 Å². The molecule has 0 aliphatic rings. The summed E-state index contributed by atoms with van der Waals surface area (Å²) in [5, 5.41) is 2.90. The zero-order chi connectivity index (χ0) is 15.1. The molecule has 0 heterocycles. The van der Waals surface area contributed by atoms with Crippen molar-refractivity contribution in [1.29, 1.82) is 0 Å². The number of nitrogens with one attached hydrogen (secondary N) is 1. The first-order valence-corrected chi connectivity index (χ1v) is 7.27. The molecule has 2 aromatic rings. The lowest BCUT2D eigenvalue weighted by molar-refractivity contribution is -0.123. The Morgan fingerprint density at radius 2 is 1.76 bits per heavy atom. The van der Waals surface area contributed by atoms with Crippen LogP contribution in [0.4, 0.5) is 0 Å². The van der Waals surface area contributed by atoms with Gasteiger partial charge in [-0.1, -0.05) is 55.5 Å². The van der Waals surface area contributed by atoms with Gasteiger partial charge in [0.1, 0.15) is 5.75 Å². The average molecular weight is 283 g/mol. The normalized spacial score (nSPS) is 11.7. The number of rotatable bonds is 6. The largest absolute Gasteiger partial charge is 0.483 e. The summed E-state index contributed by atoms with van der Waals surface area (Å²) in [4.78, 5) is 11.8. The third-order valence-corrected chi connectivity index (χ3v) is 3.35. The van der Waals surface area contributed by atoms with E-state index in [-0.39, 0.29) is 18.6 Å². The number of carbonyl (C=O) groups is 1. The molecular weight excluding hydrogens is 262 g/mol.